The summed E-state index contributed by atoms with van der Waals surface area (Å²) in [6.07, 6.45) is 1.58. The van der Waals surface area contributed by atoms with Gasteiger partial charge in [-0.05, 0) is 0 Å². The number of nitrogens with zero attached hydrogens (tertiary/aromatic N) is 1. The van der Waals surface area contributed by atoms with E-state index in [1.807, 2.05) is 0 Å². The van der Waals surface area contributed by atoms with Crippen molar-refractivity contribution in [1.29, 1.82) is 0 Å². The molecule has 0 aromatic carbocycles. The molecule has 0 radical (unpaired) electrons. The van der Waals surface area contributed by atoms with Gasteiger partial charge in [0.1, 0.15) is 5.76 Å². The zero-order valence-electron chi connectivity index (χ0n) is 7.86. The average molecular weight is 216 g/mol. The van der Waals surface area contributed by atoms with E-state index in [1.54, 1.807) is 13.1 Å². The van der Waals surface area contributed by atoms with Gasteiger partial charge >= 0.3 is 0 Å². The van der Waals surface area contributed by atoms with Crippen molar-refractivity contribution in [3.63, 3.8) is 0 Å². The van der Waals surface area contributed by atoms with Crippen molar-refractivity contribution in [3.8, 4) is 0 Å². The second kappa shape index (κ2) is 3.36. The minimum Gasteiger partial charge on any atom is -0.444 e. The van der Waals surface area contributed by atoms with Gasteiger partial charge in [0.2, 0.25) is 0 Å². The van der Waals surface area contributed by atoms with E-state index in [9.17, 15) is 8.42 Å². The molecule has 6 heteroatoms. The van der Waals surface area contributed by atoms with Gasteiger partial charge in [0.05, 0.1) is 23.7 Å². The number of hydrogen-bond acceptors (Lipinski definition) is 5. The van der Waals surface area contributed by atoms with Crippen LogP contribution in [0.2, 0.25) is 0 Å². The lowest BCUT2D eigenvalue weighted by molar-refractivity contribution is 0.410. The molecule has 2 heterocycles. The lowest BCUT2D eigenvalue weighted by atomic mass is 10.3. The Hall–Kier alpha value is -0.880. The van der Waals surface area contributed by atoms with Gasteiger partial charge in [-0.15, -0.1) is 0 Å². The van der Waals surface area contributed by atoms with Crippen LogP contribution in [0.4, 0.5) is 0 Å². The standard InChI is InChI=1S/C8H12N2O3S/c1-6-10-4-8(13-6)7-5-14(11,12)3-2-9-7/h4,7,9H,2-3,5H2,1H3. The number of hydrogen-bond donors (Lipinski definition) is 1. The van der Waals surface area contributed by atoms with Crippen molar-refractivity contribution in [2.45, 2.75) is 13.0 Å². The van der Waals surface area contributed by atoms with Crippen LogP contribution < -0.4 is 5.32 Å². The molecule has 1 saturated heterocycles. The molecule has 2 rings (SSSR count). The third-order valence-corrected chi connectivity index (χ3v) is 3.87. The monoisotopic (exact) mass is 216 g/mol. The van der Waals surface area contributed by atoms with Crippen molar-refractivity contribution in [3.05, 3.63) is 17.8 Å². The van der Waals surface area contributed by atoms with Crippen molar-refractivity contribution in [2.75, 3.05) is 18.1 Å². The fraction of sp³-hybridized carbons (Fsp3) is 0.625. The molecule has 78 valence electrons. The molecule has 1 unspecified atom stereocenters. The zero-order chi connectivity index (χ0) is 10.2. The van der Waals surface area contributed by atoms with E-state index in [1.165, 1.54) is 0 Å². The van der Waals surface area contributed by atoms with E-state index >= 15 is 0 Å². The maximum Gasteiger partial charge on any atom is 0.191 e. The SMILES string of the molecule is Cc1ncc(C2CS(=O)(=O)CCN2)o1. The third kappa shape index (κ3) is 1.96. The van der Waals surface area contributed by atoms with Gasteiger partial charge in [0.15, 0.2) is 15.7 Å². The molecule has 1 aliphatic heterocycles. The third-order valence-electron chi connectivity index (χ3n) is 2.21. The van der Waals surface area contributed by atoms with Gasteiger partial charge in [0.25, 0.3) is 0 Å². The van der Waals surface area contributed by atoms with Crippen LogP contribution in [0.5, 0.6) is 0 Å². The number of sulfone groups is 1. The van der Waals surface area contributed by atoms with Gasteiger partial charge in [-0.2, -0.15) is 0 Å². The quantitative estimate of drug-likeness (QED) is 0.717. The highest BCUT2D eigenvalue weighted by molar-refractivity contribution is 7.91. The summed E-state index contributed by atoms with van der Waals surface area (Å²) < 4.78 is 28.0. The maximum atomic E-state index is 11.3. The first-order valence-electron chi connectivity index (χ1n) is 4.43. The molecule has 14 heavy (non-hydrogen) atoms. The highest BCUT2D eigenvalue weighted by atomic mass is 32.2. The summed E-state index contributed by atoms with van der Waals surface area (Å²) in [4.78, 5) is 3.94. The molecule has 1 atom stereocenters. The van der Waals surface area contributed by atoms with Crippen LogP contribution >= 0.6 is 0 Å². The van der Waals surface area contributed by atoms with E-state index in [-0.39, 0.29) is 17.5 Å². The molecular formula is C8H12N2O3S. The summed E-state index contributed by atoms with van der Waals surface area (Å²) in [5.74, 6) is 1.47. The van der Waals surface area contributed by atoms with Crippen LogP contribution in [0, 0.1) is 6.92 Å². The van der Waals surface area contributed by atoms with E-state index in [2.05, 4.69) is 10.3 Å². The molecule has 0 amide bonds. The second-order valence-electron chi connectivity index (χ2n) is 3.40. The van der Waals surface area contributed by atoms with Crippen LogP contribution in [0.3, 0.4) is 0 Å². The Morgan fingerprint density at radius 2 is 2.43 bits per heavy atom. The molecule has 0 saturated carbocycles. The van der Waals surface area contributed by atoms with Crippen LogP contribution in [-0.4, -0.2) is 31.5 Å². The molecule has 1 fully saturated rings. The Balaban J connectivity index is 2.20. The summed E-state index contributed by atoms with van der Waals surface area (Å²) in [7, 11) is -2.92. The molecule has 0 bridgehead atoms. The summed E-state index contributed by atoms with van der Waals surface area (Å²) in [6, 6.07) is -0.241. The van der Waals surface area contributed by atoms with Gasteiger partial charge in [-0.1, -0.05) is 0 Å². The number of aryl methyl sites for hydroxylation is 1. The summed E-state index contributed by atoms with van der Waals surface area (Å²) >= 11 is 0. The molecule has 1 N–H and O–H groups in total. The largest absolute Gasteiger partial charge is 0.444 e. The van der Waals surface area contributed by atoms with Crippen LogP contribution in [-0.2, 0) is 9.84 Å². The Labute approximate surface area is 82.4 Å². The molecular weight excluding hydrogens is 204 g/mol. The lowest BCUT2D eigenvalue weighted by Gasteiger charge is -2.21. The van der Waals surface area contributed by atoms with Crippen LogP contribution in [0.25, 0.3) is 0 Å². The Kier molecular flexibility index (Phi) is 2.32. The lowest BCUT2D eigenvalue weighted by Crippen LogP contribution is -2.38. The van der Waals surface area contributed by atoms with Crippen LogP contribution in [0.15, 0.2) is 10.6 Å². The first-order valence-corrected chi connectivity index (χ1v) is 6.25. The summed E-state index contributed by atoms with van der Waals surface area (Å²) in [5.41, 5.74) is 0. The van der Waals surface area contributed by atoms with Crippen molar-refractivity contribution in [1.82, 2.24) is 10.3 Å². The summed E-state index contributed by atoms with van der Waals surface area (Å²) in [6.45, 7) is 2.22. The van der Waals surface area contributed by atoms with Crippen molar-refractivity contribution in [2.24, 2.45) is 0 Å². The van der Waals surface area contributed by atoms with E-state index in [0.29, 0.717) is 18.2 Å². The molecule has 0 aliphatic carbocycles. The number of aromatic nitrogens is 1. The highest BCUT2D eigenvalue weighted by Gasteiger charge is 2.27. The van der Waals surface area contributed by atoms with Crippen molar-refractivity contribution < 1.29 is 12.8 Å². The fourth-order valence-corrected chi connectivity index (χ4v) is 2.89. The predicted octanol–water partition coefficient (Wildman–Crippen LogP) is 0.0421. The minimum atomic E-state index is -2.92. The summed E-state index contributed by atoms with van der Waals surface area (Å²) in [5, 5.41) is 3.09. The number of rotatable bonds is 1. The first-order chi connectivity index (χ1) is 6.57. The van der Waals surface area contributed by atoms with Gasteiger partial charge in [-0.25, -0.2) is 13.4 Å². The maximum absolute atomic E-state index is 11.3. The van der Waals surface area contributed by atoms with E-state index in [4.69, 9.17) is 4.42 Å². The van der Waals surface area contributed by atoms with E-state index < -0.39 is 9.84 Å². The number of oxazole rings is 1. The zero-order valence-corrected chi connectivity index (χ0v) is 8.67. The number of nitrogens with one attached hydrogen (secondary N) is 1. The van der Waals surface area contributed by atoms with Crippen molar-refractivity contribution >= 4 is 9.84 Å². The average Bonchev–Trinajstić information content (AvgIpc) is 2.50. The smallest absolute Gasteiger partial charge is 0.191 e. The molecule has 1 aromatic rings. The predicted molar refractivity (Wildman–Crippen MR) is 50.6 cm³/mol. The first kappa shape index (κ1) is 9.67. The Morgan fingerprint density at radius 3 is 3.00 bits per heavy atom. The van der Waals surface area contributed by atoms with E-state index in [0.717, 1.165) is 0 Å². The second-order valence-corrected chi connectivity index (χ2v) is 5.63. The minimum absolute atomic E-state index is 0.0988. The normalized spacial score (nSPS) is 26.2. The highest BCUT2D eigenvalue weighted by Crippen LogP contribution is 2.18. The Bertz CT molecular complexity index is 424. The molecule has 5 nitrogen and oxygen atoms in total. The van der Waals surface area contributed by atoms with Gasteiger partial charge < -0.3 is 9.73 Å². The fourth-order valence-electron chi connectivity index (χ4n) is 1.51. The van der Waals surface area contributed by atoms with Crippen LogP contribution in [0.1, 0.15) is 17.7 Å². The van der Waals surface area contributed by atoms with Gasteiger partial charge in [-0.3, -0.25) is 0 Å². The topological polar surface area (TPSA) is 72.2 Å². The van der Waals surface area contributed by atoms with Gasteiger partial charge in [0, 0.05) is 13.5 Å². The Morgan fingerprint density at radius 1 is 1.64 bits per heavy atom. The molecule has 1 aliphatic rings. The molecule has 1 aromatic heterocycles. The molecule has 0 spiro atoms.